The van der Waals surface area contributed by atoms with Gasteiger partial charge < -0.3 is 14.6 Å². The smallest absolute Gasteiger partial charge is 0.146 e. The number of aliphatic hydroxyl groups excluding tert-OH is 1. The lowest BCUT2D eigenvalue weighted by atomic mass is 9.85. The van der Waals surface area contributed by atoms with Crippen LogP contribution in [0.2, 0.25) is 0 Å². The summed E-state index contributed by atoms with van der Waals surface area (Å²) >= 11 is 0. The minimum absolute atomic E-state index is 0.0986. The van der Waals surface area contributed by atoms with Crippen LogP contribution < -0.4 is 0 Å². The number of aliphatic hydroxyl groups is 1. The quantitative estimate of drug-likeness (QED) is 0.427. The van der Waals surface area contributed by atoms with Gasteiger partial charge in [-0.1, -0.05) is 44.2 Å². The third kappa shape index (κ3) is 5.08. The van der Waals surface area contributed by atoms with Crippen molar-refractivity contribution >= 4 is 0 Å². The summed E-state index contributed by atoms with van der Waals surface area (Å²) in [6.45, 7) is 8.69. The summed E-state index contributed by atoms with van der Waals surface area (Å²) in [6, 6.07) is 8.19. The molecule has 0 aliphatic heterocycles. The number of methoxy groups -OCH3 is 1. The average Bonchev–Trinajstić information content (AvgIpc) is 2.45. The fourth-order valence-corrected chi connectivity index (χ4v) is 2.22. The van der Waals surface area contributed by atoms with Gasteiger partial charge in [0.2, 0.25) is 0 Å². The van der Waals surface area contributed by atoms with Crippen molar-refractivity contribution in [2.24, 2.45) is 5.92 Å². The van der Waals surface area contributed by atoms with Gasteiger partial charge in [-0.15, -0.1) is 6.58 Å². The molecule has 0 aromatic heterocycles. The van der Waals surface area contributed by atoms with Crippen LogP contribution in [0, 0.1) is 5.92 Å². The zero-order valence-electron chi connectivity index (χ0n) is 12.7. The van der Waals surface area contributed by atoms with Gasteiger partial charge in [-0.3, -0.25) is 0 Å². The molecule has 20 heavy (non-hydrogen) atoms. The lowest BCUT2D eigenvalue weighted by Gasteiger charge is -2.25. The van der Waals surface area contributed by atoms with Crippen LogP contribution >= 0.6 is 0 Å². The number of hydrogen-bond acceptors (Lipinski definition) is 3. The Hall–Kier alpha value is -1.16. The molecule has 3 nitrogen and oxygen atoms in total. The van der Waals surface area contributed by atoms with Crippen LogP contribution in [0.5, 0.6) is 0 Å². The largest absolute Gasteiger partial charge is 0.392 e. The molecule has 0 saturated carbocycles. The fourth-order valence-electron chi connectivity index (χ4n) is 2.22. The summed E-state index contributed by atoms with van der Waals surface area (Å²) in [5.74, 6) is 0.325. The van der Waals surface area contributed by atoms with E-state index in [9.17, 15) is 5.11 Å². The van der Waals surface area contributed by atoms with Crippen molar-refractivity contribution < 1.29 is 14.6 Å². The highest BCUT2D eigenvalue weighted by molar-refractivity contribution is 5.26. The van der Waals surface area contributed by atoms with Crippen LogP contribution in [-0.2, 0) is 16.1 Å². The molecular weight excluding hydrogens is 252 g/mol. The molecule has 0 aliphatic rings. The number of hydrogen-bond donors (Lipinski definition) is 1. The Balaban J connectivity index is 2.74. The number of allylic oxidation sites excluding steroid dienone is 1. The zero-order chi connectivity index (χ0) is 15.0. The molecule has 3 heteroatoms. The van der Waals surface area contributed by atoms with E-state index in [0.29, 0.717) is 13.4 Å². The summed E-state index contributed by atoms with van der Waals surface area (Å²) in [7, 11) is 1.61. The van der Waals surface area contributed by atoms with Crippen LogP contribution in [0.1, 0.15) is 37.3 Å². The third-order valence-corrected chi connectivity index (χ3v) is 3.39. The van der Waals surface area contributed by atoms with E-state index in [2.05, 4.69) is 18.7 Å². The number of ether oxygens (including phenoxy) is 2. The van der Waals surface area contributed by atoms with Gasteiger partial charge in [0, 0.05) is 13.0 Å². The zero-order valence-corrected chi connectivity index (χ0v) is 12.7. The maximum absolute atomic E-state index is 10.3. The molecule has 0 radical (unpaired) electrons. The van der Waals surface area contributed by atoms with Gasteiger partial charge in [0.1, 0.15) is 6.79 Å². The Bertz CT molecular complexity index is 384. The average molecular weight is 278 g/mol. The molecule has 0 bridgehead atoms. The van der Waals surface area contributed by atoms with Crippen molar-refractivity contribution in [3.8, 4) is 0 Å². The van der Waals surface area contributed by atoms with Gasteiger partial charge in [0.25, 0.3) is 0 Å². The Morgan fingerprint density at radius 2 is 1.90 bits per heavy atom. The summed E-state index contributed by atoms with van der Waals surface area (Å²) < 4.78 is 10.2. The van der Waals surface area contributed by atoms with Crippen molar-refractivity contribution in [3.05, 3.63) is 48.0 Å². The van der Waals surface area contributed by atoms with Gasteiger partial charge >= 0.3 is 0 Å². The predicted octanol–water partition coefficient (Wildman–Crippen LogP) is 3.48. The molecule has 0 saturated heterocycles. The highest BCUT2D eigenvalue weighted by atomic mass is 16.7. The van der Waals surface area contributed by atoms with Crippen LogP contribution in [0.3, 0.4) is 0 Å². The van der Waals surface area contributed by atoms with Crippen molar-refractivity contribution in [3.63, 3.8) is 0 Å². The van der Waals surface area contributed by atoms with Crippen LogP contribution in [-0.4, -0.2) is 25.1 Å². The van der Waals surface area contributed by atoms with Gasteiger partial charge in [-0.05, 0) is 23.5 Å². The lowest BCUT2D eigenvalue weighted by molar-refractivity contribution is -0.0390. The van der Waals surface area contributed by atoms with E-state index in [0.717, 1.165) is 17.5 Å². The second kappa shape index (κ2) is 8.90. The molecule has 0 heterocycles. The molecule has 1 aromatic carbocycles. The minimum Gasteiger partial charge on any atom is -0.392 e. The first-order valence-electron chi connectivity index (χ1n) is 7.04. The molecule has 2 atom stereocenters. The van der Waals surface area contributed by atoms with Crippen molar-refractivity contribution in [1.29, 1.82) is 0 Å². The van der Waals surface area contributed by atoms with Crippen LogP contribution in [0.15, 0.2) is 36.9 Å². The summed E-state index contributed by atoms with van der Waals surface area (Å²) in [5.41, 5.74) is 2.24. The normalized spacial score (nSPS) is 14.2. The standard InChI is InChI=1S/C17H26O3/c1-5-6-16(17(18)13(2)3)15-9-7-14(8-10-15)11-20-12-19-4/h5,7-10,13,16-18H,1,6,11-12H2,2-4H3. The molecule has 0 spiro atoms. The molecule has 0 aliphatic carbocycles. The third-order valence-electron chi connectivity index (χ3n) is 3.39. The number of rotatable bonds is 9. The summed E-state index contributed by atoms with van der Waals surface area (Å²) in [4.78, 5) is 0. The highest BCUT2D eigenvalue weighted by Crippen LogP contribution is 2.28. The Labute approximate surface area is 122 Å². The van der Waals surface area contributed by atoms with Crippen molar-refractivity contribution in [2.75, 3.05) is 13.9 Å². The van der Waals surface area contributed by atoms with Gasteiger partial charge in [-0.25, -0.2) is 0 Å². The van der Waals surface area contributed by atoms with E-state index in [1.54, 1.807) is 7.11 Å². The predicted molar refractivity (Wildman–Crippen MR) is 81.5 cm³/mol. The first-order chi connectivity index (χ1) is 9.60. The minimum atomic E-state index is -0.358. The van der Waals surface area contributed by atoms with E-state index in [1.807, 2.05) is 32.1 Å². The van der Waals surface area contributed by atoms with Crippen LogP contribution in [0.4, 0.5) is 0 Å². The Morgan fingerprint density at radius 1 is 1.25 bits per heavy atom. The van der Waals surface area contributed by atoms with E-state index in [4.69, 9.17) is 9.47 Å². The molecule has 1 rings (SSSR count). The summed E-state index contributed by atoms with van der Waals surface area (Å²) in [6.07, 6.45) is 2.29. The molecule has 0 fully saturated rings. The maximum Gasteiger partial charge on any atom is 0.146 e. The molecule has 1 aromatic rings. The van der Waals surface area contributed by atoms with E-state index >= 15 is 0 Å². The highest BCUT2D eigenvalue weighted by Gasteiger charge is 2.22. The monoisotopic (exact) mass is 278 g/mol. The van der Waals surface area contributed by atoms with Gasteiger partial charge in [0.15, 0.2) is 0 Å². The topological polar surface area (TPSA) is 38.7 Å². The Morgan fingerprint density at radius 3 is 2.40 bits per heavy atom. The van der Waals surface area contributed by atoms with E-state index < -0.39 is 0 Å². The molecular formula is C17H26O3. The molecule has 112 valence electrons. The molecule has 0 amide bonds. The molecule has 2 unspecified atom stereocenters. The van der Waals surface area contributed by atoms with Gasteiger partial charge in [-0.2, -0.15) is 0 Å². The van der Waals surface area contributed by atoms with Gasteiger partial charge in [0.05, 0.1) is 12.7 Å². The summed E-state index contributed by atoms with van der Waals surface area (Å²) in [5, 5.41) is 10.3. The van der Waals surface area contributed by atoms with E-state index in [-0.39, 0.29) is 17.9 Å². The SMILES string of the molecule is C=CCC(c1ccc(COCOC)cc1)C(O)C(C)C. The fraction of sp³-hybridized carbons (Fsp3) is 0.529. The number of benzene rings is 1. The Kier molecular flexibility index (Phi) is 7.52. The second-order valence-corrected chi connectivity index (χ2v) is 5.36. The molecule has 1 N–H and O–H groups in total. The second-order valence-electron chi connectivity index (χ2n) is 5.36. The first-order valence-corrected chi connectivity index (χ1v) is 7.04. The van der Waals surface area contributed by atoms with Crippen molar-refractivity contribution in [1.82, 2.24) is 0 Å². The maximum atomic E-state index is 10.3. The lowest BCUT2D eigenvalue weighted by Crippen LogP contribution is -2.24. The first kappa shape index (κ1) is 16.9. The van der Waals surface area contributed by atoms with E-state index in [1.165, 1.54) is 0 Å². The van der Waals surface area contributed by atoms with Crippen molar-refractivity contribution in [2.45, 2.75) is 38.9 Å². The van der Waals surface area contributed by atoms with Crippen LogP contribution in [0.25, 0.3) is 0 Å².